The maximum absolute atomic E-state index is 13.5. The molecular formula is C27H33N7O2. The second-order valence-corrected chi connectivity index (χ2v) is 9.50. The number of rotatable bonds is 7. The van der Waals surface area contributed by atoms with Crippen molar-refractivity contribution in [3.63, 3.8) is 0 Å². The molecule has 0 unspecified atom stereocenters. The van der Waals surface area contributed by atoms with Crippen LogP contribution in [-0.2, 0) is 11.3 Å². The van der Waals surface area contributed by atoms with Crippen LogP contribution in [0.2, 0.25) is 0 Å². The van der Waals surface area contributed by atoms with Crippen LogP contribution >= 0.6 is 0 Å². The summed E-state index contributed by atoms with van der Waals surface area (Å²) in [6.07, 6.45) is 7.05. The molecule has 1 fully saturated rings. The van der Waals surface area contributed by atoms with Crippen molar-refractivity contribution in [2.45, 2.75) is 66.0 Å². The zero-order chi connectivity index (χ0) is 25.7. The third-order valence-electron chi connectivity index (χ3n) is 6.87. The van der Waals surface area contributed by atoms with Crippen LogP contribution < -0.4 is 10.6 Å². The van der Waals surface area contributed by atoms with Gasteiger partial charge in [-0.1, -0.05) is 25.7 Å². The van der Waals surface area contributed by atoms with E-state index in [0.717, 1.165) is 48.3 Å². The molecule has 9 heteroatoms. The van der Waals surface area contributed by atoms with E-state index in [4.69, 9.17) is 0 Å². The molecule has 1 aliphatic carbocycles. The SMILES string of the molecule is CC#CCn1nccc1C(=O)N[C@H](C(=O)Nc1ccc(-c2c(C)n[nH]c2C)nc1)C1CCC(C)CC1. The molecule has 1 aliphatic rings. The Morgan fingerprint density at radius 1 is 1.19 bits per heavy atom. The number of nitrogens with one attached hydrogen (secondary N) is 3. The fraction of sp³-hybridized carbons (Fsp3) is 0.444. The summed E-state index contributed by atoms with van der Waals surface area (Å²) in [4.78, 5) is 31.2. The predicted octanol–water partition coefficient (Wildman–Crippen LogP) is 3.87. The van der Waals surface area contributed by atoms with Crippen molar-refractivity contribution in [1.82, 2.24) is 30.3 Å². The van der Waals surface area contributed by atoms with E-state index in [1.807, 2.05) is 26.0 Å². The van der Waals surface area contributed by atoms with E-state index in [1.54, 1.807) is 30.1 Å². The summed E-state index contributed by atoms with van der Waals surface area (Å²) in [5, 5.41) is 17.4. The number of pyridine rings is 1. The summed E-state index contributed by atoms with van der Waals surface area (Å²) in [5.41, 5.74) is 4.52. The van der Waals surface area contributed by atoms with Crippen molar-refractivity contribution < 1.29 is 9.59 Å². The Morgan fingerprint density at radius 3 is 2.61 bits per heavy atom. The number of amides is 2. The Kier molecular flexibility index (Phi) is 7.84. The average molecular weight is 488 g/mol. The third-order valence-corrected chi connectivity index (χ3v) is 6.87. The predicted molar refractivity (Wildman–Crippen MR) is 138 cm³/mol. The lowest BCUT2D eigenvalue weighted by molar-refractivity contribution is -0.119. The lowest BCUT2D eigenvalue weighted by Crippen LogP contribution is -2.49. The molecule has 188 valence electrons. The highest BCUT2D eigenvalue weighted by molar-refractivity contribution is 6.00. The van der Waals surface area contributed by atoms with Gasteiger partial charge in [-0.2, -0.15) is 10.2 Å². The van der Waals surface area contributed by atoms with Crippen LogP contribution in [-0.4, -0.2) is 42.8 Å². The minimum Gasteiger partial charge on any atom is -0.339 e. The second-order valence-electron chi connectivity index (χ2n) is 9.50. The van der Waals surface area contributed by atoms with Crippen LogP contribution in [0.25, 0.3) is 11.3 Å². The first-order chi connectivity index (χ1) is 17.4. The Balaban J connectivity index is 1.51. The number of nitrogens with zero attached hydrogens (tertiary/aromatic N) is 4. The summed E-state index contributed by atoms with van der Waals surface area (Å²) in [7, 11) is 0. The van der Waals surface area contributed by atoms with Crippen molar-refractivity contribution >= 4 is 17.5 Å². The maximum Gasteiger partial charge on any atom is 0.270 e. The van der Waals surface area contributed by atoms with E-state index in [0.29, 0.717) is 23.8 Å². The molecule has 3 N–H and O–H groups in total. The number of aromatic nitrogens is 5. The van der Waals surface area contributed by atoms with Gasteiger partial charge in [-0.25, -0.2) is 4.68 Å². The highest BCUT2D eigenvalue weighted by Gasteiger charge is 2.33. The van der Waals surface area contributed by atoms with Crippen LogP contribution in [0.3, 0.4) is 0 Å². The van der Waals surface area contributed by atoms with Gasteiger partial charge in [-0.15, -0.1) is 5.92 Å². The number of aryl methyl sites for hydroxylation is 2. The van der Waals surface area contributed by atoms with Crippen LogP contribution in [0.5, 0.6) is 0 Å². The zero-order valence-corrected chi connectivity index (χ0v) is 21.3. The quantitative estimate of drug-likeness (QED) is 0.437. The molecule has 3 aromatic rings. The number of H-pyrrole nitrogens is 1. The van der Waals surface area contributed by atoms with Gasteiger partial charge in [0.2, 0.25) is 5.91 Å². The van der Waals surface area contributed by atoms with E-state index in [1.165, 1.54) is 0 Å². The van der Waals surface area contributed by atoms with E-state index in [2.05, 4.69) is 49.7 Å². The molecule has 1 atom stereocenters. The minimum atomic E-state index is -0.663. The smallest absolute Gasteiger partial charge is 0.270 e. The van der Waals surface area contributed by atoms with E-state index in [-0.39, 0.29) is 17.7 Å². The molecule has 0 aliphatic heterocycles. The summed E-state index contributed by atoms with van der Waals surface area (Å²) in [6.45, 7) is 8.17. The number of aromatic amines is 1. The van der Waals surface area contributed by atoms with Gasteiger partial charge in [0.15, 0.2) is 0 Å². The number of hydrogen-bond acceptors (Lipinski definition) is 5. The van der Waals surface area contributed by atoms with Crippen LogP contribution in [0.4, 0.5) is 5.69 Å². The monoisotopic (exact) mass is 487 g/mol. The molecule has 2 amide bonds. The zero-order valence-electron chi connectivity index (χ0n) is 21.3. The number of carbonyl (C=O) groups is 2. The van der Waals surface area contributed by atoms with Crippen LogP contribution in [0.1, 0.15) is 61.4 Å². The van der Waals surface area contributed by atoms with Crippen molar-refractivity contribution in [2.75, 3.05) is 5.32 Å². The van der Waals surface area contributed by atoms with Gasteiger partial charge in [-0.3, -0.25) is 19.7 Å². The highest BCUT2D eigenvalue weighted by Crippen LogP contribution is 2.31. The van der Waals surface area contributed by atoms with Gasteiger partial charge in [-0.05, 0) is 63.6 Å². The lowest BCUT2D eigenvalue weighted by Gasteiger charge is -2.32. The number of anilines is 1. The largest absolute Gasteiger partial charge is 0.339 e. The van der Waals surface area contributed by atoms with Crippen molar-refractivity contribution in [1.29, 1.82) is 0 Å². The summed E-state index contributed by atoms with van der Waals surface area (Å²) >= 11 is 0. The van der Waals surface area contributed by atoms with E-state index in [9.17, 15) is 9.59 Å². The lowest BCUT2D eigenvalue weighted by atomic mass is 9.79. The molecule has 0 spiro atoms. The standard InChI is InChI=1S/C27H33N7O2/c1-5-6-15-34-23(13-14-29-34)26(35)31-25(20-9-7-17(2)8-10-20)27(36)30-21-11-12-22(28-16-21)24-18(3)32-33-19(24)4/h11-14,16-17,20,25H,7-10,15H2,1-4H3,(H,30,36)(H,31,35)(H,32,33)/t17?,20?,25-/m0/s1. The van der Waals surface area contributed by atoms with Crippen LogP contribution in [0.15, 0.2) is 30.6 Å². The topological polar surface area (TPSA) is 118 Å². The van der Waals surface area contributed by atoms with Gasteiger partial charge in [0.25, 0.3) is 5.91 Å². The summed E-state index contributed by atoms with van der Waals surface area (Å²) < 4.78 is 1.55. The van der Waals surface area contributed by atoms with Crippen molar-refractivity contribution in [3.8, 4) is 23.1 Å². The molecule has 0 bridgehead atoms. The van der Waals surface area contributed by atoms with Gasteiger partial charge >= 0.3 is 0 Å². The number of carbonyl (C=O) groups excluding carboxylic acids is 2. The fourth-order valence-electron chi connectivity index (χ4n) is 4.80. The molecule has 4 rings (SSSR count). The molecule has 0 radical (unpaired) electrons. The van der Waals surface area contributed by atoms with Crippen LogP contribution in [0, 0.1) is 37.5 Å². The Labute approximate surface area is 211 Å². The molecule has 9 nitrogen and oxygen atoms in total. The first-order valence-electron chi connectivity index (χ1n) is 12.4. The van der Waals surface area contributed by atoms with Gasteiger partial charge in [0, 0.05) is 17.5 Å². The number of hydrogen-bond donors (Lipinski definition) is 3. The molecular weight excluding hydrogens is 454 g/mol. The maximum atomic E-state index is 13.5. The molecule has 3 heterocycles. The molecule has 36 heavy (non-hydrogen) atoms. The normalized spacial score (nSPS) is 18.1. The molecule has 1 saturated carbocycles. The third kappa shape index (κ3) is 5.65. The summed E-state index contributed by atoms with van der Waals surface area (Å²) in [6, 6.07) is 4.67. The fourth-order valence-corrected chi connectivity index (χ4v) is 4.80. The van der Waals surface area contributed by atoms with Gasteiger partial charge in [0.1, 0.15) is 18.3 Å². The van der Waals surface area contributed by atoms with E-state index < -0.39 is 6.04 Å². The highest BCUT2D eigenvalue weighted by atomic mass is 16.2. The van der Waals surface area contributed by atoms with E-state index >= 15 is 0 Å². The van der Waals surface area contributed by atoms with Crippen molar-refractivity contribution in [2.24, 2.45) is 11.8 Å². The Bertz CT molecular complexity index is 1250. The average Bonchev–Trinajstić information content (AvgIpc) is 3.48. The summed E-state index contributed by atoms with van der Waals surface area (Å²) in [5.74, 6) is 5.85. The first-order valence-corrected chi connectivity index (χ1v) is 12.4. The minimum absolute atomic E-state index is 0.0559. The Morgan fingerprint density at radius 2 is 1.97 bits per heavy atom. The molecule has 0 aromatic carbocycles. The van der Waals surface area contributed by atoms with Gasteiger partial charge < -0.3 is 10.6 Å². The molecule has 3 aromatic heterocycles. The molecule has 0 saturated heterocycles. The second kappa shape index (κ2) is 11.2. The first kappa shape index (κ1) is 25.2. The van der Waals surface area contributed by atoms with Gasteiger partial charge in [0.05, 0.1) is 23.3 Å². The van der Waals surface area contributed by atoms with Crippen molar-refractivity contribution in [3.05, 3.63) is 47.7 Å². The Hall–Kier alpha value is -3.93.